The van der Waals surface area contributed by atoms with Crippen LogP contribution in [0.25, 0.3) is 6.08 Å². The number of hydrogen-bond donors (Lipinski definition) is 0. The van der Waals surface area contributed by atoms with Gasteiger partial charge in [0.1, 0.15) is 5.82 Å². The molecule has 0 atom stereocenters. The summed E-state index contributed by atoms with van der Waals surface area (Å²) in [5.74, 6) is -0.712. The average Bonchev–Trinajstić information content (AvgIpc) is 2.23. The summed E-state index contributed by atoms with van der Waals surface area (Å²) in [6.07, 6.45) is 3.30. The number of benzene rings is 1. The minimum absolute atomic E-state index is 0.142. The van der Waals surface area contributed by atoms with Crippen LogP contribution in [0, 0.1) is 5.82 Å². The summed E-state index contributed by atoms with van der Waals surface area (Å²) in [7, 11) is 1.31. The largest absolute Gasteiger partial charge is 0.469 e. The number of halogens is 2. The molecule has 0 amide bonds. The van der Waals surface area contributed by atoms with Crippen molar-refractivity contribution in [1.82, 2.24) is 0 Å². The number of esters is 1. The lowest BCUT2D eigenvalue weighted by molar-refractivity contribution is -0.139. The zero-order valence-corrected chi connectivity index (χ0v) is 8.92. The number of ether oxygens (including phenoxy) is 1. The molecule has 2 nitrogen and oxygen atoms in total. The van der Waals surface area contributed by atoms with Crippen molar-refractivity contribution in [3.05, 3.63) is 40.7 Å². The van der Waals surface area contributed by atoms with Gasteiger partial charge in [0.05, 0.1) is 13.5 Å². The lowest BCUT2D eigenvalue weighted by atomic mass is 10.2. The van der Waals surface area contributed by atoms with Crippen LogP contribution >= 0.6 is 11.6 Å². The van der Waals surface area contributed by atoms with Gasteiger partial charge in [0.2, 0.25) is 0 Å². The molecule has 0 saturated carbocycles. The van der Waals surface area contributed by atoms with Crippen molar-refractivity contribution < 1.29 is 13.9 Å². The first-order valence-corrected chi connectivity index (χ1v) is 4.69. The highest BCUT2D eigenvalue weighted by atomic mass is 35.5. The van der Waals surface area contributed by atoms with Gasteiger partial charge in [-0.1, -0.05) is 23.8 Å². The van der Waals surface area contributed by atoms with E-state index in [1.807, 2.05) is 0 Å². The van der Waals surface area contributed by atoms with Crippen molar-refractivity contribution in [2.45, 2.75) is 6.42 Å². The maximum Gasteiger partial charge on any atom is 0.309 e. The van der Waals surface area contributed by atoms with Gasteiger partial charge >= 0.3 is 5.97 Å². The van der Waals surface area contributed by atoms with Crippen molar-refractivity contribution in [1.29, 1.82) is 0 Å². The first-order valence-electron chi connectivity index (χ1n) is 4.32. The molecule has 4 heteroatoms. The first-order chi connectivity index (χ1) is 7.13. The van der Waals surface area contributed by atoms with Gasteiger partial charge < -0.3 is 4.74 Å². The summed E-state index contributed by atoms with van der Waals surface area (Å²) >= 11 is 5.81. The van der Waals surface area contributed by atoms with Gasteiger partial charge in [-0.05, 0) is 23.8 Å². The second-order valence-corrected chi connectivity index (χ2v) is 3.26. The molecule has 0 radical (unpaired) electrons. The normalized spacial score (nSPS) is 10.6. The van der Waals surface area contributed by atoms with E-state index in [1.54, 1.807) is 12.2 Å². The monoisotopic (exact) mass is 228 g/mol. The van der Waals surface area contributed by atoms with Crippen LogP contribution < -0.4 is 0 Å². The van der Waals surface area contributed by atoms with Crippen molar-refractivity contribution >= 4 is 23.6 Å². The van der Waals surface area contributed by atoms with Crippen LogP contribution in [-0.4, -0.2) is 13.1 Å². The molecule has 1 rings (SSSR count). The number of carbonyl (C=O) groups excluding carboxylic acids is 1. The van der Waals surface area contributed by atoms with E-state index in [9.17, 15) is 9.18 Å². The molecule has 0 N–H and O–H groups in total. The Bertz CT molecular complexity index is 388. The topological polar surface area (TPSA) is 26.3 Å². The summed E-state index contributed by atoms with van der Waals surface area (Å²) in [6, 6.07) is 4.05. The second-order valence-electron chi connectivity index (χ2n) is 2.85. The second kappa shape index (κ2) is 5.51. The van der Waals surface area contributed by atoms with Crippen molar-refractivity contribution in [2.24, 2.45) is 0 Å². The summed E-state index contributed by atoms with van der Waals surface area (Å²) in [4.78, 5) is 10.8. The molecule has 0 aliphatic rings. The van der Waals surface area contributed by atoms with Gasteiger partial charge in [0, 0.05) is 5.02 Å². The molecular formula is C11H10ClFO2. The molecule has 0 spiro atoms. The van der Waals surface area contributed by atoms with E-state index in [2.05, 4.69) is 4.74 Å². The molecule has 80 valence electrons. The van der Waals surface area contributed by atoms with E-state index in [1.165, 1.54) is 25.3 Å². The van der Waals surface area contributed by atoms with Gasteiger partial charge in [0.15, 0.2) is 0 Å². The molecule has 0 aliphatic carbocycles. The Hall–Kier alpha value is -1.35. The molecule has 1 aromatic rings. The molecule has 0 bridgehead atoms. The maximum atomic E-state index is 12.8. The number of methoxy groups -OCH3 is 1. The van der Waals surface area contributed by atoms with Gasteiger partial charge in [0.25, 0.3) is 0 Å². The molecule has 1 aromatic carbocycles. The van der Waals surface area contributed by atoms with E-state index in [4.69, 9.17) is 11.6 Å². The van der Waals surface area contributed by atoms with E-state index >= 15 is 0 Å². The third kappa shape index (κ3) is 3.72. The Morgan fingerprint density at radius 2 is 2.33 bits per heavy atom. The van der Waals surface area contributed by atoms with Gasteiger partial charge in [-0.3, -0.25) is 4.79 Å². The molecule has 0 saturated heterocycles. The van der Waals surface area contributed by atoms with Crippen LogP contribution in [0.4, 0.5) is 4.39 Å². The lowest BCUT2D eigenvalue weighted by Gasteiger charge is -1.98. The lowest BCUT2D eigenvalue weighted by Crippen LogP contribution is -1.96. The molecule has 0 unspecified atom stereocenters. The standard InChI is InChI=1S/C11H10ClFO2/c1-15-11(14)4-2-3-8-7-9(13)5-6-10(8)12/h2-3,5-7H,4H2,1H3. The molecule has 0 aromatic heterocycles. The minimum Gasteiger partial charge on any atom is -0.469 e. The van der Waals surface area contributed by atoms with Crippen LogP contribution in [0.3, 0.4) is 0 Å². The van der Waals surface area contributed by atoms with Crippen LogP contribution in [0.5, 0.6) is 0 Å². The number of rotatable bonds is 3. The van der Waals surface area contributed by atoms with Crippen LogP contribution in [0.15, 0.2) is 24.3 Å². The average molecular weight is 229 g/mol. The van der Waals surface area contributed by atoms with Crippen LogP contribution in [-0.2, 0) is 9.53 Å². The number of carbonyl (C=O) groups is 1. The summed E-state index contributed by atoms with van der Waals surface area (Å²) < 4.78 is 17.3. The number of hydrogen-bond acceptors (Lipinski definition) is 2. The van der Waals surface area contributed by atoms with Gasteiger partial charge in [-0.15, -0.1) is 0 Å². The molecule has 0 aliphatic heterocycles. The Morgan fingerprint density at radius 1 is 1.60 bits per heavy atom. The zero-order valence-electron chi connectivity index (χ0n) is 8.17. The fraction of sp³-hybridized carbons (Fsp3) is 0.182. The van der Waals surface area contributed by atoms with E-state index < -0.39 is 0 Å². The third-order valence-corrected chi connectivity index (χ3v) is 2.11. The zero-order chi connectivity index (χ0) is 11.3. The fourth-order valence-corrected chi connectivity index (χ4v) is 1.19. The molecule has 0 fully saturated rings. The third-order valence-electron chi connectivity index (χ3n) is 1.77. The molecule has 0 heterocycles. The van der Waals surface area contributed by atoms with E-state index in [0.29, 0.717) is 10.6 Å². The van der Waals surface area contributed by atoms with Crippen LogP contribution in [0.2, 0.25) is 5.02 Å². The van der Waals surface area contributed by atoms with Crippen LogP contribution in [0.1, 0.15) is 12.0 Å². The first kappa shape index (κ1) is 11.7. The smallest absolute Gasteiger partial charge is 0.309 e. The summed E-state index contributed by atoms with van der Waals surface area (Å²) in [5, 5.41) is 0.442. The van der Waals surface area contributed by atoms with Gasteiger partial charge in [-0.25, -0.2) is 4.39 Å². The quantitative estimate of drug-likeness (QED) is 0.744. The Balaban J connectivity index is 2.71. The van der Waals surface area contributed by atoms with Crippen molar-refractivity contribution in [3.8, 4) is 0 Å². The maximum absolute atomic E-state index is 12.8. The predicted molar refractivity (Wildman–Crippen MR) is 57.1 cm³/mol. The van der Waals surface area contributed by atoms with E-state index in [0.717, 1.165) is 0 Å². The highest BCUT2D eigenvalue weighted by Gasteiger charge is 1.99. The summed E-state index contributed by atoms with van der Waals surface area (Å²) in [6.45, 7) is 0. The van der Waals surface area contributed by atoms with Crippen molar-refractivity contribution in [3.63, 3.8) is 0 Å². The SMILES string of the molecule is COC(=O)CC=Cc1cc(F)ccc1Cl. The summed E-state index contributed by atoms with van der Waals surface area (Å²) in [5.41, 5.74) is 0.542. The fourth-order valence-electron chi connectivity index (χ4n) is 1.01. The Labute approximate surface area is 92.3 Å². The van der Waals surface area contributed by atoms with Gasteiger partial charge in [-0.2, -0.15) is 0 Å². The Kier molecular flexibility index (Phi) is 4.31. The molecule has 15 heavy (non-hydrogen) atoms. The predicted octanol–water partition coefficient (Wildman–Crippen LogP) is 3.06. The highest BCUT2D eigenvalue weighted by molar-refractivity contribution is 6.32. The molecular weight excluding hydrogens is 219 g/mol. The van der Waals surface area contributed by atoms with E-state index in [-0.39, 0.29) is 18.2 Å². The highest BCUT2D eigenvalue weighted by Crippen LogP contribution is 2.18. The van der Waals surface area contributed by atoms with Crippen molar-refractivity contribution in [2.75, 3.05) is 7.11 Å². The Morgan fingerprint density at radius 3 is 3.00 bits per heavy atom. The minimum atomic E-state index is -0.364.